The van der Waals surface area contributed by atoms with Crippen molar-refractivity contribution < 1.29 is 0 Å². The summed E-state index contributed by atoms with van der Waals surface area (Å²) in [6.07, 6.45) is 3.06. The summed E-state index contributed by atoms with van der Waals surface area (Å²) in [6.45, 7) is 11.9. The Bertz CT molecular complexity index is 315. The molecule has 0 radical (unpaired) electrons. The van der Waals surface area contributed by atoms with E-state index in [0.29, 0.717) is 0 Å². The number of aliphatic imine (C=N–C) groups is 1. The summed E-state index contributed by atoms with van der Waals surface area (Å²) in [4.78, 5) is 4.16. The van der Waals surface area contributed by atoms with Crippen molar-refractivity contribution in [2.45, 2.75) is 41.5 Å². The van der Waals surface area contributed by atoms with Gasteiger partial charge in [0, 0.05) is 18.0 Å². The lowest BCUT2D eigenvalue weighted by atomic mass is 10.1. The molecule has 0 atom stereocenters. The van der Waals surface area contributed by atoms with Gasteiger partial charge in [0.25, 0.3) is 0 Å². The number of nitrogens with zero attached hydrogens (tertiary/aromatic N) is 1. The summed E-state index contributed by atoms with van der Waals surface area (Å²) in [7, 11) is 0. The summed E-state index contributed by atoms with van der Waals surface area (Å²) in [5.41, 5.74) is 2.90. The normalized spacial score (nSPS) is 8.62. The molecule has 0 aliphatic carbocycles. The molecule has 0 aliphatic heterocycles. The fraction of sp³-hybridized carbons (Fsp3) is 0.429. The highest BCUT2D eigenvalue weighted by atomic mass is 14.7. The minimum Gasteiger partial charge on any atom is -0.308 e. The maximum atomic E-state index is 7.13. The van der Waals surface area contributed by atoms with Crippen molar-refractivity contribution in [1.29, 1.82) is 5.41 Å². The molecule has 90 valence electrons. The van der Waals surface area contributed by atoms with Crippen LogP contribution in [-0.4, -0.2) is 12.4 Å². The van der Waals surface area contributed by atoms with Gasteiger partial charge >= 0.3 is 0 Å². The molecule has 0 bridgehead atoms. The Morgan fingerprint density at radius 1 is 1.12 bits per heavy atom. The molecule has 1 rings (SSSR count). The Balaban J connectivity index is 0. The van der Waals surface area contributed by atoms with E-state index in [-0.39, 0.29) is 0 Å². The first-order valence-electron chi connectivity index (χ1n) is 5.87. The molecule has 0 spiro atoms. The quantitative estimate of drug-likeness (QED) is 0.697. The highest BCUT2D eigenvalue weighted by Gasteiger charge is 1.96. The van der Waals surface area contributed by atoms with E-state index >= 15 is 0 Å². The number of hydrogen-bond donors (Lipinski definition) is 1. The largest absolute Gasteiger partial charge is 0.308 e. The Morgan fingerprint density at radius 3 is 2.12 bits per heavy atom. The van der Waals surface area contributed by atoms with Crippen LogP contribution < -0.4 is 0 Å². The topological polar surface area (TPSA) is 36.2 Å². The van der Waals surface area contributed by atoms with Crippen LogP contribution in [0, 0.1) is 12.3 Å². The van der Waals surface area contributed by atoms with Crippen molar-refractivity contribution in [1.82, 2.24) is 0 Å². The van der Waals surface area contributed by atoms with Gasteiger partial charge in [-0.05, 0) is 25.5 Å². The maximum absolute atomic E-state index is 7.13. The molecular formula is C14H24N2. The van der Waals surface area contributed by atoms with Gasteiger partial charge in [-0.2, -0.15) is 0 Å². The third-order valence-corrected chi connectivity index (χ3v) is 1.61. The Morgan fingerprint density at radius 2 is 1.69 bits per heavy atom. The van der Waals surface area contributed by atoms with Gasteiger partial charge in [-0.3, -0.25) is 4.99 Å². The van der Waals surface area contributed by atoms with Crippen molar-refractivity contribution in [2.75, 3.05) is 0 Å². The molecule has 0 saturated carbocycles. The lowest BCUT2D eigenvalue weighted by Crippen LogP contribution is -1.82. The number of nitrogens with one attached hydrogen (secondary N) is 1. The van der Waals surface area contributed by atoms with E-state index in [2.05, 4.69) is 4.99 Å². The van der Waals surface area contributed by atoms with Crippen LogP contribution in [0.15, 0.2) is 23.2 Å². The Kier molecular flexibility index (Phi) is 12.3. The van der Waals surface area contributed by atoms with Crippen LogP contribution in [0.5, 0.6) is 0 Å². The molecule has 0 amide bonds. The number of rotatable bonds is 2. The minimum absolute atomic E-state index is 0.860. The summed E-state index contributed by atoms with van der Waals surface area (Å²) in [5, 5.41) is 7.13. The van der Waals surface area contributed by atoms with E-state index in [1.807, 2.05) is 59.7 Å². The highest BCUT2D eigenvalue weighted by molar-refractivity contribution is 5.85. The van der Waals surface area contributed by atoms with Crippen LogP contribution in [0.1, 0.15) is 45.7 Å². The molecule has 2 nitrogen and oxygen atoms in total. The van der Waals surface area contributed by atoms with Crippen molar-refractivity contribution in [3.63, 3.8) is 0 Å². The predicted octanol–water partition coefficient (Wildman–Crippen LogP) is 4.77. The molecule has 0 fully saturated rings. The molecule has 16 heavy (non-hydrogen) atoms. The summed E-state index contributed by atoms with van der Waals surface area (Å²) in [6, 6.07) is 5.86. The van der Waals surface area contributed by atoms with Gasteiger partial charge in [0.1, 0.15) is 0 Å². The fourth-order valence-electron chi connectivity index (χ4n) is 1.03. The molecule has 0 aromatic heterocycles. The number of benzene rings is 1. The average molecular weight is 220 g/mol. The van der Waals surface area contributed by atoms with Crippen LogP contribution in [-0.2, 0) is 0 Å². The van der Waals surface area contributed by atoms with E-state index < -0.39 is 0 Å². The van der Waals surface area contributed by atoms with Gasteiger partial charge in [-0.25, -0.2) is 0 Å². The molecule has 0 unspecified atom stereocenters. The Hall–Kier alpha value is -1.44. The standard InChI is InChI=1S/C10H12N2.2C2H6/c1-3-12-10-6-8(2)4-5-9(10)7-11;2*1-2/h3-7,11H,1-2H3;2*1-2H3. The zero-order valence-corrected chi connectivity index (χ0v) is 11.3. The second-order valence-electron chi connectivity index (χ2n) is 2.59. The third kappa shape index (κ3) is 6.12. The van der Waals surface area contributed by atoms with E-state index in [0.717, 1.165) is 11.3 Å². The number of hydrogen-bond acceptors (Lipinski definition) is 2. The first-order chi connectivity index (χ1) is 7.77. The molecular weight excluding hydrogens is 196 g/mol. The first kappa shape index (κ1) is 17.0. The smallest absolute Gasteiger partial charge is 0.0715 e. The number of aryl methyl sites for hydroxylation is 1. The highest BCUT2D eigenvalue weighted by Crippen LogP contribution is 2.18. The zero-order chi connectivity index (χ0) is 13.0. The molecule has 2 heteroatoms. The Labute approximate surface area is 99.9 Å². The monoisotopic (exact) mass is 220 g/mol. The molecule has 1 N–H and O–H groups in total. The summed E-state index contributed by atoms with van der Waals surface area (Å²) >= 11 is 0. The fourth-order valence-corrected chi connectivity index (χ4v) is 1.03. The van der Waals surface area contributed by atoms with E-state index in [9.17, 15) is 0 Å². The SMILES string of the molecule is CC.CC.CC=Nc1cc(C)ccc1C=N. The van der Waals surface area contributed by atoms with Crippen molar-refractivity contribution >= 4 is 18.1 Å². The van der Waals surface area contributed by atoms with Crippen molar-refractivity contribution in [2.24, 2.45) is 4.99 Å². The van der Waals surface area contributed by atoms with Crippen molar-refractivity contribution in [3.05, 3.63) is 29.3 Å². The third-order valence-electron chi connectivity index (χ3n) is 1.61. The maximum Gasteiger partial charge on any atom is 0.0715 e. The van der Waals surface area contributed by atoms with E-state index in [1.165, 1.54) is 11.8 Å². The van der Waals surface area contributed by atoms with Gasteiger partial charge in [0.05, 0.1) is 5.69 Å². The van der Waals surface area contributed by atoms with Crippen LogP contribution in [0.3, 0.4) is 0 Å². The lowest BCUT2D eigenvalue weighted by Gasteiger charge is -1.99. The van der Waals surface area contributed by atoms with E-state index in [4.69, 9.17) is 5.41 Å². The molecule has 1 aromatic carbocycles. The van der Waals surface area contributed by atoms with Crippen molar-refractivity contribution in [3.8, 4) is 0 Å². The van der Waals surface area contributed by atoms with Crippen LogP contribution in [0.2, 0.25) is 0 Å². The van der Waals surface area contributed by atoms with Gasteiger partial charge in [-0.1, -0.05) is 39.8 Å². The van der Waals surface area contributed by atoms with E-state index in [1.54, 1.807) is 6.21 Å². The van der Waals surface area contributed by atoms with Gasteiger partial charge in [0.2, 0.25) is 0 Å². The second-order valence-corrected chi connectivity index (χ2v) is 2.59. The second kappa shape index (κ2) is 11.6. The molecule has 0 aliphatic rings. The lowest BCUT2D eigenvalue weighted by molar-refractivity contribution is 1.41. The van der Waals surface area contributed by atoms with Gasteiger partial charge in [0.15, 0.2) is 0 Å². The van der Waals surface area contributed by atoms with Crippen LogP contribution in [0.4, 0.5) is 5.69 Å². The van der Waals surface area contributed by atoms with Gasteiger partial charge < -0.3 is 5.41 Å². The molecule has 0 saturated heterocycles. The average Bonchev–Trinajstić information content (AvgIpc) is 2.35. The van der Waals surface area contributed by atoms with Crippen LogP contribution in [0.25, 0.3) is 0 Å². The minimum atomic E-state index is 0.860. The summed E-state index contributed by atoms with van der Waals surface area (Å²) in [5.74, 6) is 0. The summed E-state index contributed by atoms with van der Waals surface area (Å²) < 4.78 is 0. The van der Waals surface area contributed by atoms with Gasteiger partial charge in [-0.15, -0.1) is 0 Å². The molecule has 1 aromatic rings. The zero-order valence-electron chi connectivity index (χ0n) is 11.3. The molecule has 0 heterocycles. The first-order valence-corrected chi connectivity index (χ1v) is 5.87. The predicted molar refractivity (Wildman–Crippen MR) is 75.6 cm³/mol. The van der Waals surface area contributed by atoms with Crippen LogP contribution >= 0.6 is 0 Å².